The third-order valence-electron chi connectivity index (χ3n) is 3.55. The molecule has 0 unspecified atom stereocenters. The molecule has 8 heteroatoms. The van der Waals surface area contributed by atoms with Gasteiger partial charge in [-0.15, -0.1) is 0 Å². The van der Waals surface area contributed by atoms with Gasteiger partial charge in [-0.25, -0.2) is 9.78 Å². The van der Waals surface area contributed by atoms with E-state index in [0.29, 0.717) is 5.82 Å². The van der Waals surface area contributed by atoms with Crippen LogP contribution in [-0.4, -0.2) is 28.7 Å². The number of hydrogen-bond acceptors (Lipinski definition) is 2. The van der Waals surface area contributed by atoms with Crippen molar-refractivity contribution >= 4 is 22.8 Å². The van der Waals surface area contributed by atoms with Crippen LogP contribution in [0.5, 0.6) is 0 Å². The molecule has 5 nitrogen and oxygen atoms in total. The van der Waals surface area contributed by atoms with Gasteiger partial charge in [0, 0.05) is 18.1 Å². The molecule has 1 saturated carbocycles. The zero-order valence-electron chi connectivity index (χ0n) is 10.9. The highest BCUT2D eigenvalue weighted by Gasteiger charge is 2.55. The van der Waals surface area contributed by atoms with Gasteiger partial charge in [0.25, 0.3) is 0 Å². The number of aromatic amines is 1. The third kappa shape index (κ3) is 3.09. The monoisotopic (exact) mass is 298 g/mol. The van der Waals surface area contributed by atoms with Crippen LogP contribution >= 0.6 is 0 Å². The first kappa shape index (κ1) is 13.7. The number of anilines is 1. The van der Waals surface area contributed by atoms with E-state index in [1.807, 2.05) is 6.07 Å². The van der Waals surface area contributed by atoms with Crippen LogP contribution in [0.15, 0.2) is 24.5 Å². The Hall–Kier alpha value is -2.25. The molecule has 0 radical (unpaired) electrons. The summed E-state index contributed by atoms with van der Waals surface area (Å²) in [6.07, 6.45) is -0.757. The molecule has 0 spiro atoms. The first-order valence-corrected chi connectivity index (χ1v) is 6.48. The average Bonchev–Trinajstić information content (AvgIpc) is 3.06. The summed E-state index contributed by atoms with van der Waals surface area (Å²) in [7, 11) is 0. The summed E-state index contributed by atoms with van der Waals surface area (Å²) in [6, 6.07) is 2.96. The van der Waals surface area contributed by atoms with Crippen LogP contribution in [0.2, 0.25) is 0 Å². The normalized spacial score (nSPS) is 21.3. The zero-order chi connectivity index (χ0) is 15.0. The van der Waals surface area contributed by atoms with Crippen molar-refractivity contribution in [3.8, 4) is 0 Å². The van der Waals surface area contributed by atoms with Gasteiger partial charge in [0.05, 0.1) is 17.6 Å². The molecule has 1 fully saturated rings. The summed E-state index contributed by atoms with van der Waals surface area (Å²) in [4.78, 5) is 18.6. The Balaban J connectivity index is 1.50. The van der Waals surface area contributed by atoms with Crippen LogP contribution in [0, 0.1) is 11.8 Å². The number of alkyl halides is 3. The quantitative estimate of drug-likeness (QED) is 0.815. The number of amides is 2. The molecule has 21 heavy (non-hydrogen) atoms. The number of halogens is 3. The highest BCUT2D eigenvalue weighted by atomic mass is 19.4. The third-order valence-corrected chi connectivity index (χ3v) is 3.55. The van der Waals surface area contributed by atoms with Gasteiger partial charge in [-0.2, -0.15) is 13.2 Å². The van der Waals surface area contributed by atoms with E-state index in [4.69, 9.17) is 0 Å². The minimum Gasteiger partial charge on any atom is -0.360 e. The maximum atomic E-state index is 12.3. The van der Waals surface area contributed by atoms with Crippen LogP contribution in [0.1, 0.15) is 6.42 Å². The second kappa shape index (κ2) is 4.94. The molecule has 3 N–H and O–H groups in total. The minimum absolute atomic E-state index is 0.0163. The lowest BCUT2D eigenvalue weighted by atomic mass is 10.3. The van der Waals surface area contributed by atoms with E-state index in [2.05, 4.69) is 20.6 Å². The summed E-state index contributed by atoms with van der Waals surface area (Å²) < 4.78 is 37.0. The van der Waals surface area contributed by atoms with Gasteiger partial charge in [0.2, 0.25) is 0 Å². The summed E-state index contributed by atoms with van der Waals surface area (Å²) in [5.41, 5.74) is 0.840. The summed E-state index contributed by atoms with van der Waals surface area (Å²) in [6.45, 7) is 0.0163. The number of urea groups is 1. The van der Waals surface area contributed by atoms with Crippen molar-refractivity contribution in [2.75, 3.05) is 11.9 Å². The lowest BCUT2D eigenvalue weighted by Crippen LogP contribution is -2.31. The van der Waals surface area contributed by atoms with E-state index in [0.717, 1.165) is 10.9 Å². The summed E-state index contributed by atoms with van der Waals surface area (Å²) >= 11 is 0. The maximum Gasteiger partial charge on any atom is 0.392 e. The van der Waals surface area contributed by atoms with Gasteiger partial charge in [-0.05, 0) is 24.5 Å². The molecule has 112 valence electrons. The Kier molecular flexibility index (Phi) is 3.23. The molecule has 1 aliphatic carbocycles. The fraction of sp³-hybridized carbons (Fsp3) is 0.385. The van der Waals surface area contributed by atoms with Gasteiger partial charge < -0.3 is 10.3 Å². The summed E-state index contributed by atoms with van der Waals surface area (Å²) in [5.74, 6) is -1.45. The van der Waals surface area contributed by atoms with Crippen molar-refractivity contribution in [1.29, 1.82) is 0 Å². The molecule has 2 aromatic rings. The van der Waals surface area contributed by atoms with E-state index in [9.17, 15) is 18.0 Å². The number of pyridine rings is 1. The molecule has 0 bridgehead atoms. The number of carbonyl (C=O) groups is 1. The van der Waals surface area contributed by atoms with Gasteiger partial charge >= 0.3 is 12.2 Å². The molecular weight excluding hydrogens is 285 g/mol. The van der Waals surface area contributed by atoms with Crippen molar-refractivity contribution < 1.29 is 18.0 Å². The molecule has 2 aromatic heterocycles. The van der Waals surface area contributed by atoms with E-state index in [-0.39, 0.29) is 13.0 Å². The molecular formula is C13H13F3N4O. The fourth-order valence-corrected chi connectivity index (χ4v) is 2.28. The van der Waals surface area contributed by atoms with E-state index >= 15 is 0 Å². The lowest BCUT2D eigenvalue weighted by molar-refractivity contribution is -0.150. The van der Waals surface area contributed by atoms with Crippen molar-refractivity contribution in [1.82, 2.24) is 15.3 Å². The van der Waals surface area contributed by atoms with E-state index in [1.165, 1.54) is 0 Å². The second-order valence-electron chi connectivity index (χ2n) is 5.11. The maximum absolute atomic E-state index is 12.3. The zero-order valence-corrected chi connectivity index (χ0v) is 10.9. The Morgan fingerprint density at radius 1 is 1.48 bits per heavy atom. The van der Waals surface area contributed by atoms with E-state index in [1.54, 1.807) is 18.5 Å². The van der Waals surface area contributed by atoms with Gasteiger partial charge in [0.1, 0.15) is 5.82 Å². The van der Waals surface area contributed by atoms with Gasteiger partial charge in [-0.3, -0.25) is 5.32 Å². The molecule has 0 aliphatic heterocycles. The molecule has 1 aliphatic rings. The molecule has 0 saturated heterocycles. The van der Waals surface area contributed by atoms with E-state index < -0.39 is 24.0 Å². The predicted octanol–water partition coefficient (Wildman–Crippen LogP) is 2.88. The average molecular weight is 298 g/mol. The topological polar surface area (TPSA) is 69.8 Å². The molecule has 2 amide bonds. The highest BCUT2D eigenvalue weighted by molar-refractivity contribution is 5.91. The Morgan fingerprint density at radius 3 is 3.00 bits per heavy atom. The van der Waals surface area contributed by atoms with Crippen LogP contribution in [-0.2, 0) is 0 Å². The first-order valence-electron chi connectivity index (χ1n) is 6.48. The Morgan fingerprint density at radius 2 is 2.29 bits per heavy atom. The number of rotatable bonds is 3. The second-order valence-corrected chi connectivity index (χ2v) is 5.11. The SMILES string of the molecule is O=C(NC[C@@H]1C[C@H]1C(F)(F)F)Nc1cc2cc[nH]c2cn1. The summed E-state index contributed by atoms with van der Waals surface area (Å²) in [5, 5.41) is 5.83. The number of carbonyl (C=O) groups excluding carboxylic acids is 1. The Bertz CT molecular complexity index is 667. The Labute approximate surface area is 117 Å². The standard InChI is InChI=1S/C13H13F3N4O/c14-13(15,16)9-3-8(9)5-19-12(21)20-11-4-7-1-2-17-10(7)6-18-11/h1-2,4,6,8-9,17H,3,5H2,(H2,18,19,20,21)/t8-,9+/m0/s1. The highest BCUT2D eigenvalue weighted by Crippen LogP contribution is 2.49. The number of fused-ring (bicyclic) bond motifs is 1. The van der Waals surface area contributed by atoms with Gasteiger partial charge in [-0.1, -0.05) is 0 Å². The number of hydrogen-bond donors (Lipinski definition) is 3. The fourth-order valence-electron chi connectivity index (χ4n) is 2.28. The molecule has 0 aromatic carbocycles. The smallest absolute Gasteiger partial charge is 0.360 e. The number of H-pyrrole nitrogens is 1. The number of aromatic nitrogens is 2. The van der Waals surface area contributed by atoms with Gasteiger partial charge in [0.15, 0.2) is 0 Å². The number of nitrogens with one attached hydrogen (secondary N) is 3. The first-order chi connectivity index (χ1) is 9.93. The van der Waals surface area contributed by atoms with Crippen LogP contribution < -0.4 is 10.6 Å². The lowest BCUT2D eigenvalue weighted by Gasteiger charge is -2.08. The minimum atomic E-state index is -4.16. The van der Waals surface area contributed by atoms with Crippen molar-refractivity contribution in [2.24, 2.45) is 11.8 Å². The number of nitrogens with zero attached hydrogens (tertiary/aromatic N) is 1. The predicted molar refractivity (Wildman–Crippen MR) is 70.8 cm³/mol. The van der Waals surface area contributed by atoms with Crippen LogP contribution in [0.25, 0.3) is 10.9 Å². The molecule has 3 rings (SSSR count). The van der Waals surface area contributed by atoms with Crippen LogP contribution in [0.4, 0.5) is 23.8 Å². The molecule has 2 atom stereocenters. The largest absolute Gasteiger partial charge is 0.392 e. The van der Waals surface area contributed by atoms with Crippen LogP contribution in [0.3, 0.4) is 0 Å². The van der Waals surface area contributed by atoms with Crippen molar-refractivity contribution in [3.05, 3.63) is 24.5 Å². The molecule has 2 heterocycles. The van der Waals surface area contributed by atoms with Crippen molar-refractivity contribution in [2.45, 2.75) is 12.6 Å². The van der Waals surface area contributed by atoms with Crippen molar-refractivity contribution in [3.63, 3.8) is 0 Å².